The minimum absolute atomic E-state index is 0.170. The first kappa shape index (κ1) is 17.1. The summed E-state index contributed by atoms with van der Waals surface area (Å²) in [5.74, 6) is 3.42. The van der Waals surface area contributed by atoms with E-state index in [9.17, 15) is 4.79 Å². The molecule has 0 atom stereocenters. The third kappa shape index (κ3) is 4.89. The highest BCUT2D eigenvalue weighted by molar-refractivity contribution is 5.95. The lowest BCUT2D eigenvalue weighted by atomic mass is 10.2. The topological polar surface area (TPSA) is 59.9 Å². The van der Waals surface area contributed by atoms with E-state index in [1.54, 1.807) is 30.3 Å². The molecule has 0 aliphatic rings. The predicted octanol–water partition coefficient (Wildman–Crippen LogP) is 2.86. The van der Waals surface area contributed by atoms with E-state index in [0.29, 0.717) is 17.9 Å². The normalized spacial score (nSPS) is 10.2. The van der Waals surface area contributed by atoms with Crippen molar-refractivity contribution in [3.05, 3.63) is 59.7 Å². The van der Waals surface area contributed by atoms with Crippen molar-refractivity contribution in [2.45, 2.75) is 6.92 Å². The van der Waals surface area contributed by atoms with Gasteiger partial charge in [0.05, 0.1) is 12.8 Å². The lowest BCUT2D eigenvalue weighted by Gasteiger charge is -2.06. The molecule has 0 spiro atoms. The van der Waals surface area contributed by atoms with Crippen molar-refractivity contribution in [2.24, 2.45) is 5.10 Å². The quantitative estimate of drug-likeness (QED) is 0.484. The van der Waals surface area contributed by atoms with Gasteiger partial charge in [0, 0.05) is 11.1 Å². The van der Waals surface area contributed by atoms with Crippen LogP contribution < -0.4 is 14.9 Å². The molecule has 0 aliphatic heterocycles. The van der Waals surface area contributed by atoms with Crippen LogP contribution in [0.2, 0.25) is 0 Å². The molecule has 2 aromatic carbocycles. The number of amides is 1. The fourth-order valence-corrected chi connectivity index (χ4v) is 1.93. The van der Waals surface area contributed by atoms with Crippen LogP contribution in [-0.4, -0.2) is 25.3 Å². The molecular formula is C19H18N2O3. The lowest BCUT2D eigenvalue weighted by Crippen LogP contribution is -2.17. The van der Waals surface area contributed by atoms with Gasteiger partial charge < -0.3 is 9.47 Å². The Kier molecular flexibility index (Phi) is 6.42. The van der Waals surface area contributed by atoms with Gasteiger partial charge in [-0.3, -0.25) is 4.79 Å². The van der Waals surface area contributed by atoms with Gasteiger partial charge in [0.1, 0.15) is 18.1 Å². The van der Waals surface area contributed by atoms with Gasteiger partial charge in [-0.25, -0.2) is 5.43 Å². The molecule has 0 saturated heterocycles. The van der Waals surface area contributed by atoms with Crippen molar-refractivity contribution in [1.29, 1.82) is 0 Å². The number of hydrogen-bond donors (Lipinski definition) is 1. The summed E-state index contributed by atoms with van der Waals surface area (Å²) in [6.45, 7) is 2.65. The average Bonchev–Trinajstić information content (AvgIpc) is 2.61. The van der Waals surface area contributed by atoms with Crippen molar-refractivity contribution in [3.63, 3.8) is 0 Å². The van der Waals surface area contributed by atoms with E-state index in [-0.39, 0.29) is 12.5 Å². The van der Waals surface area contributed by atoms with Crippen LogP contribution in [-0.2, 0) is 0 Å². The van der Waals surface area contributed by atoms with Crippen LogP contribution >= 0.6 is 0 Å². The van der Waals surface area contributed by atoms with E-state index in [4.69, 9.17) is 15.9 Å². The summed E-state index contributed by atoms with van der Waals surface area (Å²) in [6, 6.07) is 14.1. The van der Waals surface area contributed by atoms with Crippen LogP contribution in [0.5, 0.6) is 11.5 Å². The maximum absolute atomic E-state index is 12.0. The Morgan fingerprint density at radius 2 is 1.96 bits per heavy atom. The second-order valence-corrected chi connectivity index (χ2v) is 4.69. The van der Waals surface area contributed by atoms with Gasteiger partial charge >= 0.3 is 0 Å². The minimum Gasteiger partial charge on any atom is -0.494 e. The largest absolute Gasteiger partial charge is 0.494 e. The number of benzene rings is 2. The number of para-hydroxylation sites is 1. The summed E-state index contributed by atoms with van der Waals surface area (Å²) in [6.07, 6.45) is 6.70. The Morgan fingerprint density at radius 3 is 2.67 bits per heavy atom. The Balaban J connectivity index is 1.98. The van der Waals surface area contributed by atoms with E-state index in [1.807, 2.05) is 25.1 Å². The summed E-state index contributed by atoms with van der Waals surface area (Å²) in [5, 5.41) is 3.96. The zero-order valence-electron chi connectivity index (χ0n) is 13.4. The molecule has 0 heterocycles. The monoisotopic (exact) mass is 322 g/mol. The zero-order valence-corrected chi connectivity index (χ0v) is 13.4. The fraction of sp³-hybridized carbons (Fsp3) is 0.158. The van der Waals surface area contributed by atoms with Crippen molar-refractivity contribution >= 4 is 12.1 Å². The molecule has 24 heavy (non-hydrogen) atoms. The van der Waals surface area contributed by atoms with Crippen LogP contribution in [0.15, 0.2) is 53.6 Å². The first-order valence-electron chi connectivity index (χ1n) is 7.46. The van der Waals surface area contributed by atoms with Crippen LogP contribution in [0.4, 0.5) is 0 Å². The van der Waals surface area contributed by atoms with Crippen molar-refractivity contribution in [2.75, 3.05) is 13.2 Å². The first-order chi connectivity index (χ1) is 11.7. The molecule has 2 rings (SSSR count). The minimum atomic E-state index is -0.309. The van der Waals surface area contributed by atoms with Gasteiger partial charge in [-0.2, -0.15) is 5.10 Å². The number of nitrogens with zero attached hydrogens (tertiary/aromatic N) is 1. The molecule has 0 radical (unpaired) electrons. The molecule has 0 aromatic heterocycles. The zero-order chi connectivity index (χ0) is 17.2. The van der Waals surface area contributed by atoms with E-state index < -0.39 is 0 Å². The summed E-state index contributed by atoms with van der Waals surface area (Å²) in [5.41, 5.74) is 3.69. The van der Waals surface area contributed by atoms with E-state index in [2.05, 4.69) is 16.4 Å². The third-order valence-electron chi connectivity index (χ3n) is 3.03. The van der Waals surface area contributed by atoms with Crippen LogP contribution in [0.25, 0.3) is 0 Å². The maximum Gasteiger partial charge on any atom is 0.271 e. The number of carbonyl (C=O) groups is 1. The van der Waals surface area contributed by atoms with Gasteiger partial charge in [0.2, 0.25) is 0 Å². The summed E-state index contributed by atoms with van der Waals surface area (Å²) in [7, 11) is 0. The average molecular weight is 322 g/mol. The number of nitrogens with one attached hydrogen (secondary N) is 1. The number of hydrazone groups is 1. The Hall–Kier alpha value is -3.26. The number of ether oxygens (including phenoxy) is 2. The Labute approximate surface area is 141 Å². The van der Waals surface area contributed by atoms with Gasteiger partial charge in [-0.1, -0.05) is 18.1 Å². The fourth-order valence-electron chi connectivity index (χ4n) is 1.93. The molecule has 122 valence electrons. The van der Waals surface area contributed by atoms with Gasteiger partial charge in [-0.05, 0) is 43.3 Å². The summed E-state index contributed by atoms with van der Waals surface area (Å²) >= 11 is 0. The van der Waals surface area contributed by atoms with Gasteiger partial charge in [0.15, 0.2) is 0 Å². The highest BCUT2D eigenvalue weighted by Gasteiger charge is 2.04. The smallest absolute Gasteiger partial charge is 0.271 e. The molecule has 0 saturated carbocycles. The van der Waals surface area contributed by atoms with Crippen LogP contribution in [0.1, 0.15) is 22.8 Å². The molecule has 2 aromatic rings. The summed E-state index contributed by atoms with van der Waals surface area (Å²) in [4.78, 5) is 12.0. The number of hydrogen-bond acceptors (Lipinski definition) is 4. The van der Waals surface area contributed by atoms with Crippen molar-refractivity contribution < 1.29 is 14.3 Å². The van der Waals surface area contributed by atoms with Crippen molar-refractivity contribution in [3.8, 4) is 23.8 Å². The van der Waals surface area contributed by atoms with E-state index in [0.717, 1.165) is 11.3 Å². The molecule has 1 N–H and O–H groups in total. The standard InChI is InChI=1S/C19H18N2O3/c1-3-13-24-18-8-6-5-7-16(18)14-20-21-19(22)15-9-11-17(12-10-15)23-4-2/h1,5-12,14H,4,13H2,2H3,(H,21,22)/b20-14-. The molecule has 1 amide bonds. The second-order valence-electron chi connectivity index (χ2n) is 4.69. The molecule has 5 nitrogen and oxygen atoms in total. The highest BCUT2D eigenvalue weighted by Crippen LogP contribution is 2.15. The van der Waals surface area contributed by atoms with Crippen LogP contribution in [0, 0.1) is 12.3 Å². The third-order valence-corrected chi connectivity index (χ3v) is 3.03. The molecular weight excluding hydrogens is 304 g/mol. The van der Waals surface area contributed by atoms with E-state index in [1.165, 1.54) is 6.21 Å². The number of terminal acetylenes is 1. The van der Waals surface area contributed by atoms with Crippen LogP contribution in [0.3, 0.4) is 0 Å². The number of carbonyl (C=O) groups excluding carboxylic acids is 1. The first-order valence-corrected chi connectivity index (χ1v) is 7.46. The number of rotatable bonds is 7. The predicted molar refractivity (Wildman–Crippen MR) is 93.4 cm³/mol. The van der Waals surface area contributed by atoms with Gasteiger partial charge in [0.25, 0.3) is 5.91 Å². The van der Waals surface area contributed by atoms with E-state index >= 15 is 0 Å². The van der Waals surface area contributed by atoms with Gasteiger partial charge in [-0.15, -0.1) is 6.42 Å². The molecule has 0 aliphatic carbocycles. The Bertz CT molecular complexity index is 746. The SMILES string of the molecule is C#CCOc1ccccc1/C=N\NC(=O)c1ccc(OCC)cc1. The van der Waals surface area contributed by atoms with Crippen molar-refractivity contribution in [1.82, 2.24) is 5.43 Å². The molecule has 0 bridgehead atoms. The second kappa shape index (κ2) is 9.01. The summed E-state index contributed by atoms with van der Waals surface area (Å²) < 4.78 is 10.7. The highest BCUT2D eigenvalue weighted by atomic mass is 16.5. The maximum atomic E-state index is 12.0. The molecule has 0 unspecified atom stereocenters. The Morgan fingerprint density at radius 1 is 1.21 bits per heavy atom. The molecule has 0 fully saturated rings. The lowest BCUT2D eigenvalue weighted by molar-refractivity contribution is 0.0955. The molecule has 5 heteroatoms.